The number of hydrogen-bond acceptors (Lipinski definition) is 4. The zero-order chi connectivity index (χ0) is 11.4. The molecule has 1 aromatic rings. The van der Waals surface area contributed by atoms with Crippen LogP contribution in [0.1, 0.15) is 0 Å². The molecule has 0 aliphatic rings. The number of benzene rings is 1. The van der Waals surface area contributed by atoms with Gasteiger partial charge in [-0.25, -0.2) is 0 Å². The first-order chi connectivity index (χ1) is 7.02. The van der Waals surface area contributed by atoms with E-state index >= 15 is 0 Å². The summed E-state index contributed by atoms with van der Waals surface area (Å²) in [6.07, 6.45) is 0. The van der Waals surface area contributed by atoms with Crippen LogP contribution >= 0.6 is 11.6 Å². The monoisotopic (exact) mass is 229 g/mol. The van der Waals surface area contributed by atoms with E-state index in [1.807, 2.05) is 0 Å². The van der Waals surface area contributed by atoms with Gasteiger partial charge < -0.3 is 11.1 Å². The normalized spacial score (nSPS) is 9.67. The van der Waals surface area contributed by atoms with E-state index in [9.17, 15) is 14.9 Å². The Morgan fingerprint density at radius 3 is 2.80 bits per heavy atom. The van der Waals surface area contributed by atoms with Crippen molar-refractivity contribution in [3.63, 3.8) is 0 Å². The molecule has 0 fully saturated rings. The maximum atomic E-state index is 10.7. The lowest BCUT2D eigenvalue weighted by Crippen LogP contribution is -2.22. The molecule has 15 heavy (non-hydrogen) atoms. The summed E-state index contributed by atoms with van der Waals surface area (Å²) < 4.78 is 0. The second kappa shape index (κ2) is 4.61. The number of nitrogens with zero attached hydrogens (tertiary/aromatic N) is 1. The number of hydrogen-bond donors (Lipinski definition) is 2. The van der Waals surface area contributed by atoms with Crippen molar-refractivity contribution in [3.8, 4) is 0 Å². The Bertz CT molecular complexity index is 408. The Kier molecular flexibility index (Phi) is 3.46. The van der Waals surface area contributed by atoms with Crippen LogP contribution in [0, 0.1) is 10.1 Å². The van der Waals surface area contributed by atoms with Crippen LogP contribution < -0.4 is 11.1 Å². The van der Waals surface area contributed by atoms with E-state index < -0.39 is 10.8 Å². The Morgan fingerprint density at radius 2 is 2.27 bits per heavy atom. The van der Waals surface area contributed by atoms with Crippen LogP contribution in [-0.2, 0) is 4.79 Å². The quantitative estimate of drug-likeness (QED) is 0.598. The van der Waals surface area contributed by atoms with Crippen molar-refractivity contribution >= 4 is 28.9 Å². The minimum atomic E-state index is -0.619. The van der Waals surface area contributed by atoms with Gasteiger partial charge in [-0.3, -0.25) is 14.9 Å². The van der Waals surface area contributed by atoms with E-state index in [2.05, 4.69) is 5.32 Å². The van der Waals surface area contributed by atoms with Gasteiger partial charge in [0, 0.05) is 0 Å². The Balaban J connectivity index is 3.01. The Hall–Kier alpha value is -1.82. The third-order valence-electron chi connectivity index (χ3n) is 1.62. The molecule has 0 aliphatic heterocycles. The van der Waals surface area contributed by atoms with Crippen molar-refractivity contribution in [1.29, 1.82) is 0 Å². The van der Waals surface area contributed by atoms with Crippen LogP contribution in [-0.4, -0.2) is 17.4 Å². The standard InChI is InChI=1S/C8H8ClN3O3/c9-5-2-1-3-6(8(5)12(14)15)11-4-7(10)13/h1-3,11H,4H2,(H2,10,13). The van der Waals surface area contributed by atoms with Crippen LogP contribution in [0.15, 0.2) is 18.2 Å². The molecule has 80 valence electrons. The summed E-state index contributed by atoms with van der Waals surface area (Å²) in [4.78, 5) is 20.5. The van der Waals surface area contributed by atoms with Gasteiger partial charge in [-0.2, -0.15) is 0 Å². The van der Waals surface area contributed by atoms with Gasteiger partial charge in [-0.1, -0.05) is 17.7 Å². The van der Waals surface area contributed by atoms with Crippen molar-refractivity contribution in [2.45, 2.75) is 0 Å². The minimum absolute atomic E-state index is 0.00877. The molecule has 6 nitrogen and oxygen atoms in total. The number of rotatable bonds is 4. The van der Waals surface area contributed by atoms with Gasteiger partial charge in [0.05, 0.1) is 11.5 Å². The highest BCUT2D eigenvalue weighted by atomic mass is 35.5. The molecule has 0 heterocycles. The molecule has 0 spiro atoms. The van der Waals surface area contributed by atoms with E-state index in [0.717, 1.165) is 0 Å². The lowest BCUT2D eigenvalue weighted by molar-refractivity contribution is -0.383. The van der Waals surface area contributed by atoms with Gasteiger partial charge in [0.15, 0.2) is 0 Å². The molecule has 1 amide bonds. The summed E-state index contributed by atoms with van der Waals surface area (Å²) >= 11 is 5.64. The number of carbonyl (C=O) groups excluding carboxylic acids is 1. The van der Waals surface area contributed by atoms with Gasteiger partial charge in [-0.15, -0.1) is 0 Å². The van der Waals surface area contributed by atoms with Gasteiger partial charge in [0.25, 0.3) is 0 Å². The molecule has 0 aromatic heterocycles. The smallest absolute Gasteiger partial charge is 0.310 e. The van der Waals surface area contributed by atoms with E-state index in [-0.39, 0.29) is 22.9 Å². The molecule has 0 unspecified atom stereocenters. The summed E-state index contributed by atoms with van der Waals surface area (Å²) in [5.74, 6) is -0.607. The second-order valence-corrected chi connectivity index (χ2v) is 3.12. The molecule has 7 heteroatoms. The number of nitrogens with one attached hydrogen (secondary N) is 1. The van der Waals surface area contributed by atoms with E-state index in [1.165, 1.54) is 12.1 Å². The molecular formula is C8H8ClN3O3. The summed E-state index contributed by atoms with van der Waals surface area (Å²) in [6, 6.07) is 4.39. The first-order valence-corrected chi connectivity index (χ1v) is 4.35. The highest BCUT2D eigenvalue weighted by Gasteiger charge is 2.17. The van der Waals surface area contributed by atoms with Crippen molar-refractivity contribution in [1.82, 2.24) is 0 Å². The fraction of sp³-hybridized carbons (Fsp3) is 0.125. The number of nitro benzene ring substituents is 1. The minimum Gasteiger partial charge on any atom is -0.371 e. The predicted molar refractivity (Wildman–Crippen MR) is 55.8 cm³/mol. The maximum Gasteiger partial charge on any atom is 0.310 e. The summed E-state index contributed by atoms with van der Waals surface area (Å²) in [7, 11) is 0. The lowest BCUT2D eigenvalue weighted by Gasteiger charge is -2.05. The van der Waals surface area contributed by atoms with Crippen LogP contribution in [0.3, 0.4) is 0 Å². The largest absolute Gasteiger partial charge is 0.371 e. The average Bonchev–Trinajstić information content (AvgIpc) is 2.13. The highest BCUT2D eigenvalue weighted by molar-refractivity contribution is 6.33. The van der Waals surface area contributed by atoms with Crippen molar-refractivity contribution < 1.29 is 9.72 Å². The molecule has 1 aromatic carbocycles. The first kappa shape index (κ1) is 11.3. The molecule has 0 saturated carbocycles. The second-order valence-electron chi connectivity index (χ2n) is 2.71. The topological polar surface area (TPSA) is 98.3 Å². The molecule has 0 saturated heterocycles. The van der Waals surface area contributed by atoms with Crippen molar-refractivity contribution in [3.05, 3.63) is 33.3 Å². The number of nitro groups is 1. The number of primary amides is 1. The lowest BCUT2D eigenvalue weighted by atomic mass is 10.2. The molecule has 0 atom stereocenters. The van der Waals surface area contributed by atoms with Crippen LogP contribution in [0.4, 0.5) is 11.4 Å². The van der Waals surface area contributed by atoms with E-state index in [0.29, 0.717) is 0 Å². The number of anilines is 1. The number of nitrogens with two attached hydrogens (primary N) is 1. The molecule has 0 aliphatic carbocycles. The number of halogens is 1. The zero-order valence-corrected chi connectivity index (χ0v) is 8.32. The van der Waals surface area contributed by atoms with Crippen LogP contribution in [0.2, 0.25) is 5.02 Å². The molecule has 1 rings (SSSR count). The SMILES string of the molecule is NC(=O)CNc1cccc(Cl)c1[N+](=O)[O-]. The maximum absolute atomic E-state index is 10.7. The summed E-state index contributed by atoms with van der Waals surface area (Å²) in [5, 5.41) is 13.2. The fourth-order valence-corrected chi connectivity index (χ4v) is 1.27. The van der Waals surface area contributed by atoms with Crippen molar-refractivity contribution in [2.24, 2.45) is 5.73 Å². The number of carbonyl (C=O) groups is 1. The van der Waals surface area contributed by atoms with Gasteiger partial charge in [0.1, 0.15) is 10.7 Å². The third-order valence-corrected chi connectivity index (χ3v) is 1.93. The van der Waals surface area contributed by atoms with E-state index in [4.69, 9.17) is 17.3 Å². The molecule has 0 bridgehead atoms. The number of para-hydroxylation sites is 1. The molecule has 3 N–H and O–H groups in total. The third kappa shape index (κ3) is 2.81. The number of amides is 1. The highest BCUT2D eigenvalue weighted by Crippen LogP contribution is 2.31. The zero-order valence-electron chi connectivity index (χ0n) is 7.57. The van der Waals surface area contributed by atoms with Crippen LogP contribution in [0.5, 0.6) is 0 Å². The molecular weight excluding hydrogens is 222 g/mol. The van der Waals surface area contributed by atoms with Crippen LogP contribution in [0.25, 0.3) is 0 Å². The molecule has 0 radical (unpaired) electrons. The Labute approximate surface area is 90.2 Å². The Morgan fingerprint density at radius 1 is 1.60 bits per heavy atom. The van der Waals surface area contributed by atoms with Gasteiger partial charge in [0.2, 0.25) is 5.91 Å². The van der Waals surface area contributed by atoms with Crippen molar-refractivity contribution in [2.75, 3.05) is 11.9 Å². The fourth-order valence-electron chi connectivity index (χ4n) is 1.03. The van der Waals surface area contributed by atoms with Gasteiger partial charge in [-0.05, 0) is 12.1 Å². The average molecular weight is 230 g/mol. The van der Waals surface area contributed by atoms with Gasteiger partial charge >= 0.3 is 5.69 Å². The predicted octanol–water partition coefficient (Wildman–Crippen LogP) is 1.15. The first-order valence-electron chi connectivity index (χ1n) is 3.97. The summed E-state index contributed by atoms with van der Waals surface area (Å²) in [5.41, 5.74) is 4.81. The summed E-state index contributed by atoms with van der Waals surface area (Å²) in [6.45, 7) is -0.179. The van der Waals surface area contributed by atoms with E-state index in [1.54, 1.807) is 6.07 Å².